The number of benzene rings is 1. The van der Waals surface area contributed by atoms with Gasteiger partial charge in [-0.25, -0.2) is 9.97 Å². The van der Waals surface area contributed by atoms with E-state index in [-0.39, 0.29) is 0 Å². The highest BCUT2D eigenvalue weighted by Crippen LogP contribution is 2.20. The third-order valence-electron chi connectivity index (χ3n) is 3.01. The Bertz CT molecular complexity index is 582. The zero-order valence-electron chi connectivity index (χ0n) is 12.3. The van der Waals surface area contributed by atoms with Crippen LogP contribution in [0.2, 0.25) is 0 Å². The summed E-state index contributed by atoms with van der Waals surface area (Å²) >= 11 is 0. The van der Waals surface area contributed by atoms with Gasteiger partial charge in [-0.2, -0.15) is 0 Å². The summed E-state index contributed by atoms with van der Waals surface area (Å²) < 4.78 is 5.68. The average Bonchev–Trinajstić information content (AvgIpc) is 2.40. The third-order valence-corrected chi connectivity index (χ3v) is 3.01. The molecular formula is C16H21N3O. The third kappa shape index (κ3) is 3.70. The number of rotatable bonds is 5. The molecule has 0 fully saturated rings. The number of para-hydroxylation sites is 2. The summed E-state index contributed by atoms with van der Waals surface area (Å²) in [6.45, 7) is 6.78. The molecule has 4 nitrogen and oxygen atoms in total. The number of anilines is 1. The number of nitrogens with two attached hydrogens (primary N) is 1. The van der Waals surface area contributed by atoms with Gasteiger partial charge in [-0.1, -0.05) is 26.0 Å². The van der Waals surface area contributed by atoms with Gasteiger partial charge in [0.2, 0.25) is 0 Å². The molecule has 0 unspecified atom stereocenters. The second-order valence-electron chi connectivity index (χ2n) is 5.14. The normalized spacial score (nSPS) is 10.8. The smallest absolute Gasteiger partial charge is 0.142 e. The highest BCUT2D eigenvalue weighted by molar-refractivity contribution is 5.51. The second-order valence-corrected chi connectivity index (χ2v) is 5.14. The Morgan fingerprint density at radius 2 is 1.95 bits per heavy atom. The van der Waals surface area contributed by atoms with E-state index < -0.39 is 0 Å². The van der Waals surface area contributed by atoms with Crippen LogP contribution in [0.15, 0.2) is 30.3 Å². The molecule has 2 N–H and O–H groups in total. The Kier molecular flexibility index (Phi) is 4.56. The number of aromatic nitrogens is 2. The minimum atomic E-state index is 0.404. The van der Waals surface area contributed by atoms with Gasteiger partial charge in [0.15, 0.2) is 0 Å². The molecule has 0 atom stereocenters. The van der Waals surface area contributed by atoms with Gasteiger partial charge in [0.25, 0.3) is 0 Å². The highest BCUT2D eigenvalue weighted by Gasteiger charge is 2.06. The molecule has 4 heteroatoms. The maximum Gasteiger partial charge on any atom is 0.142 e. The number of hydrogen-bond acceptors (Lipinski definition) is 4. The average molecular weight is 271 g/mol. The van der Waals surface area contributed by atoms with Crippen LogP contribution in [0.5, 0.6) is 5.75 Å². The summed E-state index contributed by atoms with van der Waals surface area (Å²) in [6.07, 6.45) is 0.676. The lowest BCUT2D eigenvalue weighted by molar-refractivity contribution is 0.320. The zero-order valence-corrected chi connectivity index (χ0v) is 12.3. The monoisotopic (exact) mass is 271 g/mol. The maximum absolute atomic E-state index is 5.83. The molecule has 0 aliphatic carbocycles. The van der Waals surface area contributed by atoms with Gasteiger partial charge >= 0.3 is 0 Å². The minimum absolute atomic E-state index is 0.404. The van der Waals surface area contributed by atoms with Crippen LogP contribution in [0.4, 0.5) is 5.69 Å². The van der Waals surface area contributed by atoms with Crippen molar-refractivity contribution < 1.29 is 4.74 Å². The van der Waals surface area contributed by atoms with Gasteiger partial charge in [0.1, 0.15) is 11.6 Å². The molecule has 1 aromatic carbocycles. The predicted octanol–water partition coefficient (Wildman–Crippen LogP) is 3.11. The van der Waals surface area contributed by atoms with E-state index in [1.54, 1.807) is 0 Å². The van der Waals surface area contributed by atoms with Crippen molar-refractivity contribution in [3.05, 3.63) is 47.5 Å². The predicted molar refractivity (Wildman–Crippen MR) is 80.9 cm³/mol. The molecule has 0 saturated carbocycles. The molecule has 0 radical (unpaired) electrons. The van der Waals surface area contributed by atoms with E-state index in [4.69, 9.17) is 10.5 Å². The van der Waals surface area contributed by atoms with Crippen LogP contribution in [0.3, 0.4) is 0 Å². The van der Waals surface area contributed by atoms with Gasteiger partial charge < -0.3 is 10.5 Å². The van der Waals surface area contributed by atoms with E-state index in [9.17, 15) is 0 Å². The Labute approximate surface area is 120 Å². The van der Waals surface area contributed by atoms with Crippen LogP contribution in [0, 0.1) is 6.92 Å². The van der Waals surface area contributed by atoms with E-state index in [0.29, 0.717) is 30.4 Å². The first-order valence-electron chi connectivity index (χ1n) is 6.88. The summed E-state index contributed by atoms with van der Waals surface area (Å²) in [7, 11) is 0. The maximum atomic E-state index is 5.83. The SMILES string of the molecule is Cc1cc(C(C)C)nc(CCOc2ccccc2N)n1. The molecule has 2 rings (SSSR count). The summed E-state index contributed by atoms with van der Waals surface area (Å²) in [4.78, 5) is 9.01. The molecule has 1 heterocycles. The van der Waals surface area contributed by atoms with Crippen molar-refractivity contribution in [1.82, 2.24) is 9.97 Å². The second kappa shape index (κ2) is 6.37. The van der Waals surface area contributed by atoms with Crippen molar-refractivity contribution in [2.75, 3.05) is 12.3 Å². The lowest BCUT2D eigenvalue weighted by atomic mass is 10.1. The van der Waals surface area contributed by atoms with Crippen LogP contribution in [0.1, 0.15) is 37.0 Å². The van der Waals surface area contributed by atoms with E-state index in [1.807, 2.05) is 37.3 Å². The van der Waals surface area contributed by atoms with Crippen molar-refractivity contribution in [2.24, 2.45) is 0 Å². The van der Waals surface area contributed by atoms with E-state index in [0.717, 1.165) is 17.2 Å². The summed E-state index contributed by atoms with van der Waals surface area (Å²) in [5.41, 5.74) is 8.56. The minimum Gasteiger partial charge on any atom is -0.491 e. The van der Waals surface area contributed by atoms with Crippen LogP contribution >= 0.6 is 0 Å². The quantitative estimate of drug-likeness (QED) is 0.849. The first-order chi connectivity index (χ1) is 9.56. The summed E-state index contributed by atoms with van der Waals surface area (Å²) in [5.74, 6) is 1.94. The number of hydrogen-bond donors (Lipinski definition) is 1. The van der Waals surface area contributed by atoms with E-state index in [2.05, 4.69) is 23.8 Å². The van der Waals surface area contributed by atoms with Crippen molar-refractivity contribution in [2.45, 2.75) is 33.1 Å². The van der Waals surface area contributed by atoms with E-state index >= 15 is 0 Å². The number of ether oxygens (including phenoxy) is 1. The van der Waals surface area contributed by atoms with Crippen molar-refractivity contribution in [3.8, 4) is 5.75 Å². The fourth-order valence-electron chi connectivity index (χ4n) is 1.93. The van der Waals surface area contributed by atoms with Gasteiger partial charge in [-0.3, -0.25) is 0 Å². The first-order valence-corrected chi connectivity index (χ1v) is 6.88. The molecule has 2 aromatic rings. The fourth-order valence-corrected chi connectivity index (χ4v) is 1.93. The van der Waals surface area contributed by atoms with Gasteiger partial charge in [-0.05, 0) is 31.0 Å². The molecule has 20 heavy (non-hydrogen) atoms. The standard InChI is InChI=1S/C16H21N3O/c1-11(2)14-10-12(3)18-16(19-14)8-9-20-15-7-5-4-6-13(15)17/h4-7,10-11H,8-9,17H2,1-3H3. The number of nitrogens with zero attached hydrogens (tertiary/aromatic N) is 2. The molecule has 0 spiro atoms. The van der Waals surface area contributed by atoms with Crippen LogP contribution in [-0.2, 0) is 6.42 Å². The Morgan fingerprint density at radius 3 is 2.65 bits per heavy atom. The zero-order chi connectivity index (χ0) is 14.5. The van der Waals surface area contributed by atoms with Crippen molar-refractivity contribution in [3.63, 3.8) is 0 Å². The summed E-state index contributed by atoms with van der Waals surface area (Å²) in [5, 5.41) is 0. The Hall–Kier alpha value is -2.10. The molecule has 0 bridgehead atoms. The molecule has 0 aliphatic rings. The molecule has 0 amide bonds. The van der Waals surface area contributed by atoms with E-state index in [1.165, 1.54) is 0 Å². The molecule has 0 aliphatic heterocycles. The van der Waals surface area contributed by atoms with Crippen molar-refractivity contribution >= 4 is 5.69 Å². The van der Waals surface area contributed by atoms with Crippen LogP contribution in [-0.4, -0.2) is 16.6 Å². The van der Waals surface area contributed by atoms with Gasteiger partial charge in [0.05, 0.1) is 12.3 Å². The van der Waals surface area contributed by atoms with Gasteiger partial charge in [0, 0.05) is 17.8 Å². The molecule has 1 aromatic heterocycles. The lowest BCUT2D eigenvalue weighted by Gasteiger charge is -2.10. The van der Waals surface area contributed by atoms with Gasteiger partial charge in [-0.15, -0.1) is 0 Å². The topological polar surface area (TPSA) is 61.0 Å². The molecule has 106 valence electrons. The Morgan fingerprint density at radius 1 is 1.20 bits per heavy atom. The lowest BCUT2D eigenvalue weighted by Crippen LogP contribution is -2.09. The van der Waals surface area contributed by atoms with Crippen LogP contribution < -0.4 is 10.5 Å². The highest BCUT2D eigenvalue weighted by atomic mass is 16.5. The Balaban J connectivity index is 1.99. The summed E-state index contributed by atoms with van der Waals surface area (Å²) in [6, 6.07) is 9.53. The molecule has 0 saturated heterocycles. The fraction of sp³-hybridized carbons (Fsp3) is 0.375. The first kappa shape index (κ1) is 14.3. The number of nitrogen functional groups attached to an aromatic ring is 1. The van der Waals surface area contributed by atoms with Crippen molar-refractivity contribution in [1.29, 1.82) is 0 Å². The van der Waals surface area contributed by atoms with Crippen LogP contribution in [0.25, 0.3) is 0 Å². The largest absolute Gasteiger partial charge is 0.491 e. The molecular weight excluding hydrogens is 250 g/mol. The number of aryl methyl sites for hydroxylation is 1.